The molecule has 9 heteroatoms. The van der Waals surface area contributed by atoms with Gasteiger partial charge in [-0.25, -0.2) is 0 Å². The molecule has 0 radical (unpaired) electrons. The van der Waals surface area contributed by atoms with Crippen LogP contribution in [0.2, 0.25) is 5.02 Å². The van der Waals surface area contributed by atoms with Gasteiger partial charge in [-0.05, 0) is 42.2 Å². The highest BCUT2D eigenvalue weighted by Gasteiger charge is 2.16. The van der Waals surface area contributed by atoms with Crippen LogP contribution in [0.15, 0.2) is 29.6 Å². The zero-order valence-corrected chi connectivity index (χ0v) is 13.6. The molecule has 22 heavy (non-hydrogen) atoms. The molecule has 2 aromatic rings. The van der Waals surface area contributed by atoms with Gasteiger partial charge in [0.1, 0.15) is 5.02 Å². The summed E-state index contributed by atoms with van der Waals surface area (Å²) in [5, 5.41) is 18.0. The van der Waals surface area contributed by atoms with Crippen LogP contribution < -0.4 is 10.6 Å². The van der Waals surface area contributed by atoms with Gasteiger partial charge < -0.3 is 5.32 Å². The minimum atomic E-state index is -0.560. The van der Waals surface area contributed by atoms with Gasteiger partial charge in [0, 0.05) is 11.8 Å². The summed E-state index contributed by atoms with van der Waals surface area (Å²) in [6.45, 7) is 1.68. The Morgan fingerprint density at radius 1 is 1.45 bits per heavy atom. The van der Waals surface area contributed by atoms with Crippen molar-refractivity contribution in [2.45, 2.75) is 6.92 Å². The molecule has 0 spiro atoms. The maximum Gasteiger partial charge on any atom is 0.288 e. The Bertz CT molecular complexity index is 747. The minimum Gasteiger partial charge on any atom is -0.332 e. The molecule has 0 unspecified atom stereocenters. The molecule has 114 valence electrons. The van der Waals surface area contributed by atoms with Crippen molar-refractivity contribution in [3.8, 4) is 0 Å². The largest absolute Gasteiger partial charge is 0.332 e. The number of anilines is 1. The number of halogens is 1. The number of thiophene rings is 1. The Labute approximate surface area is 140 Å². The van der Waals surface area contributed by atoms with Crippen molar-refractivity contribution in [1.82, 2.24) is 5.32 Å². The van der Waals surface area contributed by atoms with E-state index in [0.29, 0.717) is 16.1 Å². The lowest BCUT2D eigenvalue weighted by molar-refractivity contribution is -0.384. The number of nitrogens with one attached hydrogen (secondary N) is 2. The Hall–Kier alpha value is -2.03. The lowest BCUT2D eigenvalue weighted by Crippen LogP contribution is -2.33. The summed E-state index contributed by atoms with van der Waals surface area (Å²) in [6, 6.07) is 6.18. The van der Waals surface area contributed by atoms with Crippen LogP contribution in [0.1, 0.15) is 15.2 Å². The predicted molar refractivity (Wildman–Crippen MR) is 90.8 cm³/mol. The highest BCUT2D eigenvalue weighted by atomic mass is 35.5. The quantitative estimate of drug-likeness (QED) is 0.497. The molecular weight excluding hydrogens is 346 g/mol. The van der Waals surface area contributed by atoms with E-state index in [1.165, 1.54) is 23.5 Å². The van der Waals surface area contributed by atoms with Crippen LogP contribution in [0.5, 0.6) is 0 Å². The first-order valence-corrected chi connectivity index (χ1v) is 7.65. The third-order valence-electron chi connectivity index (χ3n) is 2.71. The lowest BCUT2D eigenvalue weighted by atomic mass is 10.2. The molecule has 0 fully saturated rings. The Morgan fingerprint density at radius 3 is 2.77 bits per heavy atom. The predicted octanol–water partition coefficient (Wildman–Crippen LogP) is 3.74. The molecule has 2 N–H and O–H groups in total. The summed E-state index contributed by atoms with van der Waals surface area (Å²) in [4.78, 5) is 22.6. The molecule has 0 aliphatic heterocycles. The highest BCUT2D eigenvalue weighted by Crippen LogP contribution is 2.30. The van der Waals surface area contributed by atoms with Gasteiger partial charge in [0.25, 0.3) is 11.6 Å². The van der Waals surface area contributed by atoms with E-state index in [0.717, 1.165) is 0 Å². The molecule has 1 aromatic carbocycles. The fourth-order valence-corrected chi connectivity index (χ4v) is 2.72. The molecule has 0 atom stereocenters. The second kappa shape index (κ2) is 6.82. The van der Waals surface area contributed by atoms with Gasteiger partial charge in [0.05, 0.1) is 9.80 Å². The standard InChI is InChI=1S/C13H10ClN3O3S2/c1-7-5-10(17(19)20)8(14)6-9(7)15-13(21)16-12(18)11-3-2-4-22-11/h2-6H,1H3,(H2,15,16,18,21). The van der Waals surface area contributed by atoms with Crippen molar-refractivity contribution >= 4 is 57.5 Å². The summed E-state index contributed by atoms with van der Waals surface area (Å²) in [5.41, 5.74) is 0.897. The number of nitro groups is 1. The summed E-state index contributed by atoms with van der Waals surface area (Å²) in [6.07, 6.45) is 0. The second-order valence-corrected chi connectivity index (χ2v) is 6.02. The van der Waals surface area contributed by atoms with Crippen LogP contribution in [0, 0.1) is 17.0 Å². The topological polar surface area (TPSA) is 84.3 Å². The molecule has 0 aliphatic carbocycles. The zero-order valence-electron chi connectivity index (χ0n) is 11.3. The first-order chi connectivity index (χ1) is 10.4. The van der Waals surface area contributed by atoms with Gasteiger partial charge >= 0.3 is 0 Å². The van der Waals surface area contributed by atoms with Gasteiger partial charge in [-0.15, -0.1) is 11.3 Å². The van der Waals surface area contributed by atoms with Crippen LogP contribution >= 0.6 is 35.2 Å². The van der Waals surface area contributed by atoms with E-state index in [-0.39, 0.29) is 21.7 Å². The van der Waals surface area contributed by atoms with Crippen LogP contribution in [-0.4, -0.2) is 15.9 Å². The number of hydrogen-bond donors (Lipinski definition) is 2. The van der Waals surface area contributed by atoms with Gasteiger partial charge in [0.2, 0.25) is 0 Å². The third-order valence-corrected chi connectivity index (χ3v) is 4.09. The normalized spacial score (nSPS) is 10.1. The Balaban J connectivity index is 2.10. The average Bonchev–Trinajstić information content (AvgIpc) is 2.96. The number of amides is 1. The van der Waals surface area contributed by atoms with Crippen molar-refractivity contribution in [2.75, 3.05) is 5.32 Å². The summed E-state index contributed by atoms with van der Waals surface area (Å²) in [7, 11) is 0. The van der Waals surface area contributed by atoms with Gasteiger partial charge in [0.15, 0.2) is 5.11 Å². The number of nitro benzene ring substituents is 1. The van der Waals surface area contributed by atoms with E-state index in [2.05, 4.69) is 10.6 Å². The van der Waals surface area contributed by atoms with Crippen LogP contribution in [0.25, 0.3) is 0 Å². The number of carbonyl (C=O) groups is 1. The summed E-state index contributed by atoms with van der Waals surface area (Å²) in [5.74, 6) is -0.321. The summed E-state index contributed by atoms with van der Waals surface area (Å²) < 4.78 is 0. The number of benzene rings is 1. The Morgan fingerprint density at radius 2 is 2.18 bits per heavy atom. The zero-order chi connectivity index (χ0) is 16.3. The molecule has 0 aliphatic rings. The molecular formula is C13H10ClN3O3S2. The second-order valence-electron chi connectivity index (χ2n) is 4.26. The monoisotopic (exact) mass is 355 g/mol. The number of thiocarbonyl (C=S) groups is 1. The minimum absolute atomic E-state index is 0.00881. The van der Waals surface area contributed by atoms with E-state index in [1.54, 1.807) is 24.4 Å². The number of carbonyl (C=O) groups excluding carboxylic acids is 1. The van der Waals surface area contributed by atoms with Crippen molar-refractivity contribution in [3.05, 3.63) is 55.2 Å². The molecule has 0 saturated carbocycles. The van der Waals surface area contributed by atoms with Gasteiger partial charge in [-0.1, -0.05) is 17.7 Å². The van der Waals surface area contributed by atoms with Crippen molar-refractivity contribution in [1.29, 1.82) is 0 Å². The number of rotatable bonds is 3. The van der Waals surface area contributed by atoms with Crippen molar-refractivity contribution < 1.29 is 9.72 Å². The number of nitrogens with zero attached hydrogens (tertiary/aromatic N) is 1. The lowest BCUT2D eigenvalue weighted by Gasteiger charge is -2.11. The molecule has 1 heterocycles. The fourth-order valence-electron chi connectivity index (χ4n) is 1.67. The molecule has 0 saturated heterocycles. The summed E-state index contributed by atoms with van der Waals surface area (Å²) >= 11 is 12.2. The van der Waals surface area contributed by atoms with Crippen molar-refractivity contribution in [2.24, 2.45) is 0 Å². The fraction of sp³-hybridized carbons (Fsp3) is 0.0769. The van der Waals surface area contributed by atoms with Crippen molar-refractivity contribution in [3.63, 3.8) is 0 Å². The van der Waals surface area contributed by atoms with Crippen LogP contribution in [-0.2, 0) is 0 Å². The van der Waals surface area contributed by atoms with E-state index >= 15 is 0 Å². The highest BCUT2D eigenvalue weighted by molar-refractivity contribution is 7.80. The molecule has 2 rings (SSSR count). The molecule has 1 amide bonds. The molecule has 0 bridgehead atoms. The molecule has 1 aromatic heterocycles. The number of hydrogen-bond acceptors (Lipinski definition) is 5. The van der Waals surface area contributed by atoms with E-state index in [1.807, 2.05) is 0 Å². The first-order valence-electron chi connectivity index (χ1n) is 5.99. The Kier molecular flexibility index (Phi) is 5.07. The smallest absolute Gasteiger partial charge is 0.288 e. The SMILES string of the molecule is Cc1cc([N+](=O)[O-])c(Cl)cc1NC(=S)NC(=O)c1cccs1. The molecule has 6 nitrogen and oxygen atoms in total. The van der Waals surface area contributed by atoms with Gasteiger partial charge in [-0.3, -0.25) is 20.2 Å². The van der Waals surface area contributed by atoms with E-state index in [9.17, 15) is 14.9 Å². The van der Waals surface area contributed by atoms with Crippen LogP contribution in [0.4, 0.5) is 11.4 Å². The van der Waals surface area contributed by atoms with E-state index in [4.69, 9.17) is 23.8 Å². The van der Waals surface area contributed by atoms with Crippen LogP contribution in [0.3, 0.4) is 0 Å². The van der Waals surface area contributed by atoms with E-state index < -0.39 is 4.92 Å². The maximum atomic E-state index is 11.9. The first kappa shape index (κ1) is 16.3. The van der Waals surface area contributed by atoms with Gasteiger partial charge in [-0.2, -0.15) is 0 Å². The average molecular weight is 356 g/mol. The third kappa shape index (κ3) is 3.79. The number of aryl methyl sites for hydroxylation is 1. The maximum absolute atomic E-state index is 11.9.